The van der Waals surface area contributed by atoms with Crippen molar-refractivity contribution in [2.45, 2.75) is 18.8 Å². The van der Waals surface area contributed by atoms with E-state index in [9.17, 15) is 23.9 Å². The van der Waals surface area contributed by atoms with Crippen molar-refractivity contribution in [3.63, 3.8) is 0 Å². The number of carboxylic acid groups (broad SMARTS) is 1. The van der Waals surface area contributed by atoms with Gasteiger partial charge in [0.2, 0.25) is 0 Å². The lowest BCUT2D eigenvalue weighted by Crippen LogP contribution is -2.34. The Balaban J connectivity index is 1.23. The standard InChI is InChI=1S/C27H23FN2O5/c28-17-11-16(24(31)29-15-27(9-10-27)25(32)33)12-18(13-17)30-26(34)35-14-23-21-7-3-1-5-19(21)20-6-2-4-8-22(20)23/h1-8,11-13,23H,9-10,14-15H2,(H,29,31)(H,30,34)(H,32,33). The van der Waals surface area contributed by atoms with Crippen LogP contribution in [0.25, 0.3) is 11.1 Å². The monoisotopic (exact) mass is 474 g/mol. The Morgan fingerprint density at radius 3 is 2.20 bits per heavy atom. The van der Waals surface area contributed by atoms with Gasteiger partial charge in [-0.25, -0.2) is 9.18 Å². The summed E-state index contributed by atoms with van der Waals surface area (Å²) in [5, 5.41) is 14.3. The molecule has 2 aliphatic rings. The number of carbonyl (C=O) groups is 3. The first kappa shape index (κ1) is 22.6. The molecule has 3 aromatic rings. The van der Waals surface area contributed by atoms with Gasteiger partial charge in [0.1, 0.15) is 12.4 Å². The molecule has 35 heavy (non-hydrogen) atoms. The van der Waals surface area contributed by atoms with Gasteiger partial charge in [0, 0.05) is 23.7 Å². The molecule has 2 aliphatic carbocycles. The van der Waals surface area contributed by atoms with Crippen LogP contribution < -0.4 is 10.6 Å². The molecule has 0 atom stereocenters. The lowest BCUT2D eigenvalue weighted by Gasteiger charge is -2.15. The van der Waals surface area contributed by atoms with E-state index in [-0.39, 0.29) is 30.3 Å². The number of rotatable bonds is 7. The number of anilines is 1. The van der Waals surface area contributed by atoms with Crippen LogP contribution >= 0.6 is 0 Å². The van der Waals surface area contributed by atoms with Crippen molar-refractivity contribution in [1.29, 1.82) is 0 Å². The molecule has 1 saturated carbocycles. The Bertz CT molecular complexity index is 1290. The van der Waals surface area contributed by atoms with Gasteiger partial charge in [0.25, 0.3) is 5.91 Å². The minimum absolute atomic E-state index is 0.0277. The fourth-order valence-corrected chi connectivity index (χ4v) is 4.51. The number of amides is 2. The molecule has 0 unspecified atom stereocenters. The highest BCUT2D eigenvalue weighted by atomic mass is 19.1. The van der Waals surface area contributed by atoms with Gasteiger partial charge in [-0.05, 0) is 53.3 Å². The molecule has 2 amide bonds. The molecule has 0 radical (unpaired) electrons. The first-order chi connectivity index (χ1) is 16.9. The van der Waals surface area contributed by atoms with Crippen LogP contribution in [0, 0.1) is 11.2 Å². The Morgan fingerprint density at radius 1 is 0.971 bits per heavy atom. The molecule has 3 aromatic carbocycles. The van der Waals surface area contributed by atoms with Gasteiger partial charge in [0.15, 0.2) is 0 Å². The van der Waals surface area contributed by atoms with Crippen LogP contribution in [0.4, 0.5) is 14.9 Å². The third kappa shape index (κ3) is 4.47. The zero-order valence-electron chi connectivity index (χ0n) is 18.7. The first-order valence-corrected chi connectivity index (χ1v) is 11.3. The molecule has 178 valence electrons. The summed E-state index contributed by atoms with van der Waals surface area (Å²) >= 11 is 0. The molecule has 5 rings (SSSR count). The SMILES string of the molecule is O=C(Nc1cc(F)cc(C(=O)NCC2(C(=O)O)CC2)c1)OCC1c2ccccc2-c2ccccc21. The quantitative estimate of drug-likeness (QED) is 0.457. The van der Waals surface area contributed by atoms with Crippen LogP contribution in [0.5, 0.6) is 0 Å². The summed E-state index contributed by atoms with van der Waals surface area (Å²) in [6.07, 6.45) is 0.201. The van der Waals surface area contributed by atoms with E-state index in [0.29, 0.717) is 12.8 Å². The van der Waals surface area contributed by atoms with Crippen LogP contribution in [0.3, 0.4) is 0 Å². The maximum absolute atomic E-state index is 14.1. The highest BCUT2D eigenvalue weighted by Crippen LogP contribution is 2.45. The van der Waals surface area contributed by atoms with Crippen molar-refractivity contribution < 1.29 is 28.6 Å². The third-order valence-electron chi connectivity index (χ3n) is 6.64. The number of carboxylic acids is 1. The summed E-state index contributed by atoms with van der Waals surface area (Å²) in [5.74, 6) is -2.42. The van der Waals surface area contributed by atoms with Crippen molar-refractivity contribution in [3.8, 4) is 11.1 Å². The second-order valence-corrected chi connectivity index (χ2v) is 8.95. The van der Waals surface area contributed by atoms with Gasteiger partial charge >= 0.3 is 12.1 Å². The van der Waals surface area contributed by atoms with Crippen molar-refractivity contribution in [2.75, 3.05) is 18.5 Å². The molecule has 7 nitrogen and oxygen atoms in total. The maximum Gasteiger partial charge on any atom is 0.411 e. The Kier molecular flexibility index (Phi) is 5.72. The number of ether oxygens (including phenoxy) is 1. The summed E-state index contributed by atoms with van der Waals surface area (Å²) in [5.41, 5.74) is 3.45. The molecular formula is C27H23FN2O5. The van der Waals surface area contributed by atoms with Crippen molar-refractivity contribution in [1.82, 2.24) is 5.32 Å². The first-order valence-electron chi connectivity index (χ1n) is 11.3. The molecule has 0 saturated heterocycles. The van der Waals surface area contributed by atoms with Gasteiger partial charge in [-0.15, -0.1) is 0 Å². The van der Waals surface area contributed by atoms with Crippen LogP contribution in [0.15, 0.2) is 66.7 Å². The number of fused-ring (bicyclic) bond motifs is 3. The van der Waals surface area contributed by atoms with E-state index in [0.717, 1.165) is 34.4 Å². The number of nitrogens with one attached hydrogen (secondary N) is 2. The normalized spacial score (nSPS) is 15.0. The summed E-state index contributed by atoms with van der Waals surface area (Å²) in [4.78, 5) is 36.2. The molecule has 1 fully saturated rings. The van der Waals surface area contributed by atoms with E-state index in [2.05, 4.69) is 10.6 Å². The van der Waals surface area contributed by atoms with E-state index in [1.807, 2.05) is 48.5 Å². The predicted octanol–water partition coefficient (Wildman–Crippen LogP) is 4.78. The molecule has 0 heterocycles. The Hall–Kier alpha value is -4.20. The van der Waals surface area contributed by atoms with Crippen molar-refractivity contribution in [3.05, 3.63) is 89.2 Å². The van der Waals surface area contributed by atoms with Gasteiger partial charge in [-0.3, -0.25) is 14.9 Å². The average Bonchev–Trinajstić information content (AvgIpc) is 3.58. The fourth-order valence-electron chi connectivity index (χ4n) is 4.51. The molecular weight excluding hydrogens is 451 g/mol. The predicted molar refractivity (Wildman–Crippen MR) is 127 cm³/mol. The highest BCUT2D eigenvalue weighted by Gasteiger charge is 2.50. The highest BCUT2D eigenvalue weighted by molar-refractivity contribution is 5.96. The van der Waals surface area contributed by atoms with Gasteiger partial charge in [0.05, 0.1) is 5.41 Å². The van der Waals surface area contributed by atoms with Gasteiger partial charge in [-0.2, -0.15) is 0 Å². The lowest BCUT2D eigenvalue weighted by atomic mass is 9.98. The van der Waals surface area contributed by atoms with E-state index < -0.39 is 29.2 Å². The van der Waals surface area contributed by atoms with Crippen LogP contribution in [0.2, 0.25) is 0 Å². The molecule has 0 bridgehead atoms. The minimum atomic E-state index is -0.963. The molecule has 0 aliphatic heterocycles. The van der Waals surface area contributed by atoms with E-state index >= 15 is 0 Å². The largest absolute Gasteiger partial charge is 0.481 e. The number of carbonyl (C=O) groups excluding carboxylic acids is 2. The van der Waals surface area contributed by atoms with E-state index in [1.165, 1.54) is 6.07 Å². The molecule has 8 heteroatoms. The zero-order chi connectivity index (χ0) is 24.6. The van der Waals surface area contributed by atoms with E-state index in [1.54, 1.807) is 0 Å². The summed E-state index contributed by atoms with van der Waals surface area (Å²) < 4.78 is 19.6. The Labute approximate surface area is 200 Å². The van der Waals surface area contributed by atoms with E-state index in [4.69, 9.17) is 4.74 Å². The van der Waals surface area contributed by atoms with Crippen LogP contribution in [-0.4, -0.2) is 36.2 Å². The smallest absolute Gasteiger partial charge is 0.411 e. The maximum atomic E-state index is 14.1. The average molecular weight is 474 g/mol. The van der Waals surface area contributed by atoms with Crippen molar-refractivity contribution >= 4 is 23.7 Å². The molecule has 0 spiro atoms. The Morgan fingerprint density at radius 2 is 1.60 bits per heavy atom. The second-order valence-electron chi connectivity index (χ2n) is 8.95. The fraction of sp³-hybridized carbons (Fsp3) is 0.222. The topological polar surface area (TPSA) is 105 Å². The zero-order valence-corrected chi connectivity index (χ0v) is 18.7. The number of benzene rings is 3. The summed E-state index contributed by atoms with van der Waals surface area (Å²) in [6, 6.07) is 19.3. The minimum Gasteiger partial charge on any atom is -0.481 e. The lowest BCUT2D eigenvalue weighted by molar-refractivity contribution is -0.143. The van der Waals surface area contributed by atoms with Gasteiger partial charge in [-0.1, -0.05) is 48.5 Å². The second kappa shape index (κ2) is 8.87. The molecule has 0 aromatic heterocycles. The number of hydrogen-bond acceptors (Lipinski definition) is 4. The summed E-state index contributed by atoms with van der Waals surface area (Å²) in [6.45, 7) is 0.0621. The number of halogens is 1. The van der Waals surface area contributed by atoms with Crippen LogP contribution in [0.1, 0.15) is 40.2 Å². The summed E-state index contributed by atoms with van der Waals surface area (Å²) in [7, 11) is 0. The number of hydrogen-bond donors (Lipinski definition) is 3. The van der Waals surface area contributed by atoms with Crippen molar-refractivity contribution in [2.24, 2.45) is 5.41 Å². The number of aliphatic carboxylic acids is 1. The van der Waals surface area contributed by atoms with Crippen LogP contribution in [-0.2, 0) is 9.53 Å². The third-order valence-corrected chi connectivity index (χ3v) is 6.64. The molecule has 3 N–H and O–H groups in total. The van der Waals surface area contributed by atoms with Gasteiger partial charge < -0.3 is 15.2 Å².